The van der Waals surface area contributed by atoms with Crippen LogP contribution in [-0.4, -0.2) is 17.8 Å². The van der Waals surface area contributed by atoms with E-state index in [-0.39, 0.29) is 5.75 Å². The van der Waals surface area contributed by atoms with E-state index >= 15 is 0 Å². The summed E-state index contributed by atoms with van der Waals surface area (Å²) in [6.07, 6.45) is 1.39. The number of thiazole rings is 1. The first-order valence-corrected chi connectivity index (χ1v) is 8.90. The van der Waals surface area contributed by atoms with Crippen molar-refractivity contribution < 1.29 is 13.5 Å². The standard InChI is InChI=1S/C17H11Cl2F2N3OS/c18-12-6-5-10(7-13(12)19)14-9-26-17(23-14)24-22-8-11-3-1-2-4-15(11)25-16(20)21/h1-9,16H,(H,23,24)/b22-8-. The van der Waals surface area contributed by atoms with Gasteiger partial charge in [-0.2, -0.15) is 13.9 Å². The molecule has 3 rings (SSSR count). The van der Waals surface area contributed by atoms with Gasteiger partial charge in [0.2, 0.25) is 5.13 Å². The van der Waals surface area contributed by atoms with Gasteiger partial charge in [0.1, 0.15) is 5.75 Å². The van der Waals surface area contributed by atoms with E-state index in [9.17, 15) is 8.78 Å². The Labute approximate surface area is 162 Å². The zero-order chi connectivity index (χ0) is 18.5. The molecule has 0 atom stereocenters. The smallest absolute Gasteiger partial charge is 0.387 e. The van der Waals surface area contributed by atoms with Gasteiger partial charge in [-0.05, 0) is 24.3 Å². The lowest BCUT2D eigenvalue weighted by atomic mass is 10.2. The number of halogens is 4. The largest absolute Gasteiger partial charge is 0.434 e. The highest BCUT2D eigenvalue weighted by atomic mass is 35.5. The normalized spacial score (nSPS) is 11.3. The quantitative estimate of drug-likeness (QED) is 0.388. The number of ether oxygens (including phenoxy) is 1. The number of hydrazone groups is 1. The summed E-state index contributed by atoms with van der Waals surface area (Å²) in [7, 11) is 0. The fourth-order valence-corrected chi connectivity index (χ4v) is 3.03. The van der Waals surface area contributed by atoms with Crippen LogP contribution < -0.4 is 10.2 Å². The van der Waals surface area contributed by atoms with Crippen LogP contribution in [0, 0.1) is 0 Å². The highest BCUT2D eigenvalue weighted by Crippen LogP contribution is 2.30. The molecule has 0 aliphatic heterocycles. The number of hydrogen-bond donors (Lipinski definition) is 1. The summed E-state index contributed by atoms with van der Waals surface area (Å²) in [5, 5.41) is 7.31. The topological polar surface area (TPSA) is 46.5 Å². The summed E-state index contributed by atoms with van der Waals surface area (Å²) in [5.41, 5.74) is 4.72. The lowest BCUT2D eigenvalue weighted by Gasteiger charge is -2.06. The van der Waals surface area contributed by atoms with Gasteiger partial charge in [0, 0.05) is 16.5 Å². The van der Waals surface area contributed by atoms with E-state index in [4.69, 9.17) is 23.2 Å². The van der Waals surface area contributed by atoms with Crippen molar-refractivity contribution in [2.24, 2.45) is 5.10 Å². The number of nitrogens with zero attached hydrogens (tertiary/aromatic N) is 2. The molecule has 134 valence electrons. The van der Waals surface area contributed by atoms with Gasteiger partial charge in [0.25, 0.3) is 0 Å². The minimum Gasteiger partial charge on any atom is -0.434 e. The van der Waals surface area contributed by atoms with Gasteiger partial charge in [-0.1, -0.05) is 41.4 Å². The number of rotatable bonds is 6. The lowest BCUT2D eigenvalue weighted by Crippen LogP contribution is -2.04. The molecule has 9 heteroatoms. The second-order valence-corrected chi connectivity index (χ2v) is 6.63. The van der Waals surface area contributed by atoms with E-state index in [2.05, 4.69) is 20.2 Å². The molecule has 2 aromatic carbocycles. The fourth-order valence-electron chi connectivity index (χ4n) is 2.06. The first-order chi connectivity index (χ1) is 12.5. The Balaban J connectivity index is 1.70. The molecular formula is C17H11Cl2F2N3OS. The zero-order valence-corrected chi connectivity index (χ0v) is 15.3. The van der Waals surface area contributed by atoms with Crippen molar-refractivity contribution in [1.82, 2.24) is 4.98 Å². The summed E-state index contributed by atoms with van der Waals surface area (Å²) in [6.45, 7) is -2.90. The minimum atomic E-state index is -2.90. The second-order valence-electron chi connectivity index (χ2n) is 4.95. The number of nitrogens with one attached hydrogen (secondary N) is 1. The molecule has 1 aromatic heterocycles. The van der Waals surface area contributed by atoms with Crippen molar-refractivity contribution in [3.8, 4) is 17.0 Å². The maximum Gasteiger partial charge on any atom is 0.387 e. The summed E-state index contributed by atoms with van der Waals surface area (Å²) < 4.78 is 29.2. The number of aromatic nitrogens is 1. The molecule has 0 fully saturated rings. The van der Waals surface area contributed by atoms with E-state index in [1.54, 1.807) is 30.3 Å². The molecule has 0 saturated heterocycles. The third kappa shape index (κ3) is 4.69. The third-order valence-electron chi connectivity index (χ3n) is 3.22. The molecule has 4 nitrogen and oxygen atoms in total. The van der Waals surface area contributed by atoms with Crippen LogP contribution in [0.15, 0.2) is 52.9 Å². The molecule has 0 amide bonds. The van der Waals surface area contributed by atoms with E-state index < -0.39 is 6.61 Å². The average molecular weight is 414 g/mol. The number of benzene rings is 2. The molecule has 3 aromatic rings. The van der Waals surface area contributed by atoms with Crippen molar-refractivity contribution in [2.75, 3.05) is 5.43 Å². The summed E-state index contributed by atoms with van der Waals surface area (Å²) in [5.74, 6) is 0.0451. The van der Waals surface area contributed by atoms with Gasteiger partial charge >= 0.3 is 6.61 Å². The fraction of sp³-hybridized carbons (Fsp3) is 0.0588. The van der Waals surface area contributed by atoms with Crippen molar-refractivity contribution in [3.05, 3.63) is 63.5 Å². The molecule has 0 aliphatic carbocycles. The van der Waals surface area contributed by atoms with Crippen LogP contribution in [0.1, 0.15) is 5.56 Å². The molecule has 0 bridgehead atoms. The Morgan fingerprint density at radius 1 is 1.15 bits per heavy atom. The molecule has 0 spiro atoms. The van der Waals surface area contributed by atoms with Crippen molar-refractivity contribution >= 4 is 45.9 Å². The predicted molar refractivity (Wildman–Crippen MR) is 102 cm³/mol. The number of para-hydroxylation sites is 1. The van der Waals surface area contributed by atoms with Gasteiger partial charge in [0.15, 0.2) is 0 Å². The van der Waals surface area contributed by atoms with Crippen LogP contribution in [-0.2, 0) is 0 Å². The van der Waals surface area contributed by atoms with Gasteiger partial charge in [0.05, 0.1) is 22.0 Å². The first-order valence-electron chi connectivity index (χ1n) is 7.27. The van der Waals surface area contributed by atoms with Gasteiger partial charge < -0.3 is 4.74 Å². The molecule has 0 aliphatic rings. The maximum atomic E-state index is 12.4. The Morgan fingerprint density at radius 3 is 2.73 bits per heavy atom. The number of hydrogen-bond acceptors (Lipinski definition) is 5. The average Bonchev–Trinajstić information content (AvgIpc) is 3.07. The molecular weight excluding hydrogens is 403 g/mol. The molecule has 0 radical (unpaired) electrons. The number of anilines is 1. The summed E-state index contributed by atoms with van der Waals surface area (Å²) >= 11 is 13.3. The minimum absolute atomic E-state index is 0.0451. The van der Waals surface area contributed by atoms with Crippen molar-refractivity contribution in [3.63, 3.8) is 0 Å². The van der Waals surface area contributed by atoms with E-state index in [0.717, 1.165) is 5.56 Å². The van der Waals surface area contributed by atoms with Crippen LogP contribution in [0.4, 0.5) is 13.9 Å². The van der Waals surface area contributed by atoms with E-state index in [1.807, 2.05) is 11.4 Å². The molecule has 1 heterocycles. The Bertz CT molecular complexity index is 934. The maximum absolute atomic E-state index is 12.4. The van der Waals surface area contributed by atoms with Crippen LogP contribution in [0.5, 0.6) is 5.75 Å². The van der Waals surface area contributed by atoms with Gasteiger partial charge in [-0.25, -0.2) is 4.98 Å². The molecule has 1 N–H and O–H groups in total. The van der Waals surface area contributed by atoms with E-state index in [0.29, 0.717) is 26.4 Å². The van der Waals surface area contributed by atoms with Crippen LogP contribution in [0.2, 0.25) is 10.0 Å². The van der Waals surface area contributed by atoms with Crippen LogP contribution >= 0.6 is 34.5 Å². The highest BCUT2D eigenvalue weighted by molar-refractivity contribution is 7.14. The second kappa shape index (κ2) is 8.44. The van der Waals surface area contributed by atoms with Gasteiger partial charge in [-0.3, -0.25) is 5.43 Å². The van der Waals surface area contributed by atoms with Crippen molar-refractivity contribution in [2.45, 2.75) is 6.61 Å². The lowest BCUT2D eigenvalue weighted by molar-refractivity contribution is -0.0499. The Hall–Kier alpha value is -2.22. The molecule has 26 heavy (non-hydrogen) atoms. The summed E-state index contributed by atoms with van der Waals surface area (Å²) in [4.78, 5) is 4.39. The van der Waals surface area contributed by atoms with Crippen LogP contribution in [0.25, 0.3) is 11.3 Å². The van der Waals surface area contributed by atoms with E-state index in [1.165, 1.54) is 23.6 Å². The predicted octanol–water partition coefficient (Wildman–Crippen LogP) is 6.16. The number of alkyl halides is 2. The van der Waals surface area contributed by atoms with Crippen LogP contribution in [0.3, 0.4) is 0 Å². The first kappa shape index (κ1) is 18.6. The van der Waals surface area contributed by atoms with Crippen molar-refractivity contribution in [1.29, 1.82) is 0 Å². The zero-order valence-electron chi connectivity index (χ0n) is 13.0. The Morgan fingerprint density at radius 2 is 1.96 bits per heavy atom. The van der Waals surface area contributed by atoms with Gasteiger partial charge in [-0.15, -0.1) is 11.3 Å². The third-order valence-corrected chi connectivity index (χ3v) is 4.70. The Kier molecular flexibility index (Phi) is 6.03. The SMILES string of the molecule is FC(F)Oc1ccccc1/C=N\Nc1nc(-c2ccc(Cl)c(Cl)c2)cs1. The molecule has 0 unspecified atom stereocenters. The molecule has 0 saturated carbocycles. The summed E-state index contributed by atoms with van der Waals surface area (Å²) in [6, 6.07) is 11.6. The highest BCUT2D eigenvalue weighted by Gasteiger charge is 2.08. The monoisotopic (exact) mass is 413 g/mol.